The molecule has 1 aromatic heterocycles. The van der Waals surface area contributed by atoms with Crippen LogP contribution in [0.5, 0.6) is 0 Å². The van der Waals surface area contributed by atoms with Crippen molar-refractivity contribution in [3.8, 4) is 6.07 Å². The Morgan fingerprint density at radius 1 is 1.36 bits per heavy atom. The molecule has 0 radical (unpaired) electrons. The molecule has 0 atom stereocenters. The van der Waals surface area contributed by atoms with Gasteiger partial charge in [0.15, 0.2) is 0 Å². The summed E-state index contributed by atoms with van der Waals surface area (Å²) in [6.45, 7) is 4.94. The Bertz CT molecular complexity index is 667. The fourth-order valence-corrected chi connectivity index (χ4v) is 2.08. The van der Waals surface area contributed by atoms with E-state index >= 15 is 0 Å². The summed E-state index contributed by atoms with van der Waals surface area (Å²) in [5.41, 5.74) is 2.50. The average Bonchev–Trinajstić information content (AvgIpc) is 2.95. The Labute approximate surface area is 129 Å². The van der Waals surface area contributed by atoms with Crippen LogP contribution in [0, 0.1) is 11.3 Å². The molecule has 1 heterocycles. The molecule has 0 aliphatic heterocycles. The van der Waals surface area contributed by atoms with Crippen molar-refractivity contribution < 1.29 is 4.79 Å². The first kappa shape index (κ1) is 15.7. The molecule has 0 bridgehead atoms. The summed E-state index contributed by atoms with van der Waals surface area (Å²) in [6.07, 6.45) is 2.15. The Balaban J connectivity index is 1.78. The maximum atomic E-state index is 11.8. The summed E-state index contributed by atoms with van der Waals surface area (Å²) < 4.78 is 1.42. The largest absolute Gasteiger partial charge is 0.354 e. The predicted octanol–water partition coefficient (Wildman–Crippen LogP) is 1.63. The topological polar surface area (TPSA) is 83.6 Å². The van der Waals surface area contributed by atoms with Crippen molar-refractivity contribution >= 4 is 5.91 Å². The number of nitrogens with one attached hydrogen (secondary N) is 1. The fraction of sp³-hybridized carbons (Fsp3) is 0.375. The number of carbonyl (C=O) groups is 1. The number of nitrogens with zero attached hydrogens (tertiary/aromatic N) is 4. The van der Waals surface area contributed by atoms with Crippen molar-refractivity contribution in [2.24, 2.45) is 0 Å². The van der Waals surface area contributed by atoms with E-state index in [2.05, 4.69) is 53.6 Å². The molecular weight excluding hydrogens is 278 g/mol. The second kappa shape index (κ2) is 7.36. The first-order valence-electron chi connectivity index (χ1n) is 7.23. The van der Waals surface area contributed by atoms with Crippen molar-refractivity contribution in [2.45, 2.75) is 32.7 Å². The first-order valence-corrected chi connectivity index (χ1v) is 7.23. The van der Waals surface area contributed by atoms with Gasteiger partial charge in [0.2, 0.25) is 11.7 Å². The van der Waals surface area contributed by atoms with E-state index in [-0.39, 0.29) is 18.3 Å². The molecular formula is C16H19N5O. The van der Waals surface area contributed by atoms with Gasteiger partial charge in [-0.3, -0.25) is 9.36 Å². The van der Waals surface area contributed by atoms with Crippen molar-refractivity contribution in [1.82, 2.24) is 20.1 Å². The summed E-state index contributed by atoms with van der Waals surface area (Å²) in [4.78, 5) is 11.8. The van der Waals surface area contributed by atoms with Crippen LogP contribution >= 0.6 is 0 Å². The number of carbonyl (C=O) groups excluding carboxylic acids is 1. The van der Waals surface area contributed by atoms with Crippen LogP contribution in [0.15, 0.2) is 30.6 Å². The quantitative estimate of drug-likeness (QED) is 0.878. The van der Waals surface area contributed by atoms with E-state index in [1.54, 1.807) is 0 Å². The van der Waals surface area contributed by atoms with Crippen LogP contribution in [0.4, 0.5) is 0 Å². The summed E-state index contributed by atoms with van der Waals surface area (Å²) in [5, 5.41) is 18.9. The van der Waals surface area contributed by atoms with Crippen LogP contribution in [0.25, 0.3) is 0 Å². The van der Waals surface area contributed by atoms with Crippen LogP contribution in [-0.4, -0.2) is 27.2 Å². The fourth-order valence-electron chi connectivity index (χ4n) is 2.08. The Kier molecular flexibility index (Phi) is 5.26. The number of amides is 1. The van der Waals surface area contributed by atoms with Crippen LogP contribution in [0.2, 0.25) is 0 Å². The lowest BCUT2D eigenvalue weighted by Gasteiger charge is -2.08. The zero-order chi connectivity index (χ0) is 15.9. The van der Waals surface area contributed by atoms with Gasteiger partial charge in [-0.05, 0) is 23.5 Å². The maximum Gasteiger partial charge on any atom is 0.240 e. The monoisotopic (exact) mass is 297 g/mol. The van der Waals surface area contributed by atoms with Gasteiger partial charge in [0.05, 0.1) is 0 Å². The van der Waals surface area contributed by atoms with E-state index in [1.807, 2.05) is 6.07 Å². The minimum atomic E-state index is -0.157. The van der Waals surface area contributed by atoms with Crippen LogP contribution in [0.1, 0.15) is 36.7 Å². The van der Waals surface area contributed by atoms with Crippen LogP contribution in [0.3, 0.4) is 0 Å². The molecule has 2 aromatic rings. The van der Waals surface area contributed by atoms with Gasteiger partial charge in [0.25, 0.3) is 0 Å². The molecule has 1 amide bonds. The van der Waals surface area contributed by atoms with E-state index < -0.39 is 0 Å². The van der Waals surface area contributed by atoms with E-state index in [0.29, 0.717) is 12.5 Å². The molecule has 6 heteroatoms. The minimum absolute atomic E-state index is 0.0577. The Morgan fingerprint density at radius 3 is 2.73 bits per heavy atom. The molecule has 0 unspecified atom stereocenters. The SMILES string of the molecule is CC(C)c1ccc(CCNC(=O)Cn2cnnc2C#N)cc1. The lowest BCUT2D eigenvalue weighted by atomic mass is 10.0. The molecule has 0 saturated heterocycles. The maximum absolute atomic E-state index is 11.8. The number of nitriles is 1. The van der Waals surface area contributed by atoms with Gasteiger partial charge in [-0.2, -0.15) is 5.26 Å². The summed E-state index contributed by atoms with van der Waals surface area (Å²) in [6, 6.07) is 10.3. The average molecular weight is 297 g/mol. The third-order valence-corrected chi connectivity index (χ3v) is 3.41. The van der Waals surface area contributed by atoms with Gasteiger partial charge in [-0.1, -0.05) is 38.1 Å². The summed E-state index contributed by atoms with van der Waals surface area (Å²) in [7, 11) is 0. The highest BCUT2D eigenvalue weighted by atomic mass is 16.1. The number of benzene rings is 1. The van der Waals surface area contributed by atoms with E-state index in [4.69, 9.17) is 5.26 Å². The zero-order valence-electron chi connectivity index (χ0n) is 12.8. The van der Waals surface area contributed by atoms with Gasteiger partial charge in [0, 0.05) is 6.54 Å². The standard InChI is InChI=1S/C16H19N5O/c1-12(2)14-5-3-13(4-6-14)7-8-18-16(22)10-21-11-19-20-15(21)9-17/h3-6,11-12H,7-8,10H2,1-2H3,(H,18,22). The third-order valence-electron chi connectivity index (χ3n) is 3.41. The van der Waals surface area contributed by atoms with Crippen molar-refractivity contribution in [1.29, 1.82) is 5.26 Å². The molecule has 0 aliphatic carbocycles. The molecule has 1 N–H and O–H groups in total. The molecule has 0 saturated carbocycles. The van der Waals surface area contributed by atoms with E-state index in [9.17, 15) is 4.79 Å². The number of aromatic nitrogens is 3. The Morgan fingerprint density at radius 2 is 2.09 bits per heavy atom. The highest BCUT2D eigenvalue weighted by Gasteiger charge is 2.07. The minimum Gasteiger partial charge on any atom is -0.354 e. The molecule has 0 fully saturated rings. The normalized spacial score (nSPS) is 10.5. The number of hydrogen-bond donors (Lipinski definition) is 1. The molecule has 22 heavy (non-hydrogen) atoms. The molecule has 0 spiro atoms. The van der Waals surface area contributed by atoms with E-state index in [1.165, 1.54) is 22.0 Å². The summed E-state index contributed by atoms with van der Waals surface area (Å²) >= 11 is 0. The predicted molar refractivity (Wildman–Crippen MR) is 82.0 cm³/mol. The zero-order valence-corrected chi connectivity index (χ0v) is 12.8. The first-order chi connectivity index (χ1) is 10.6. The highest BCUT2D eigenvalue weighted by molar-refractivity contribution is 5.75. The van der Waals surface area contributed by atoms with Gasteiger partial charge >= 0.3 is 0 Å². The van der Waals surface area contributed by atoms with Gasteiger partial charge in [-0.25, -0.2) is 0 Å². The van der Waals surface area contributed by atoms with Gasteiger partial charge < -0.3 is 5.32 Å². The van der Waals surface area contributed by atoms with Crippen LogP contribution in [-0.2, 0) is 17.8 Å². The summed E-state index contributed by atoms with van der Waals surface area (Å²) in [5.74, 6) is 0.501. The second-order valence-corrected chi connectivity index (χ2v) is 5.39. The smallest absolute Gasteiger partial charge is 0.240 e. The molecule has 0 aliphatic rings. The van der Waals surface area contributed by atoms with Gasteiger partial charge in [-0.15, -0.1) is 10.2 Å². The Hall–Kier alpha value is -2.68. The van der Waals surface area contributed by atoms with Gasteiger partial charge in [0.1, 0.15) is 18.9 Å². The van der Waals surface area contributed by atoms with Crippen molar-refractivity contribution in [3.05, 3.63) is 47.5 Å². The molecule has 1 aromatic carbocycles. The van der Waals surface area contributed by atoms with Crippen molar-refractivity contribution in [2.75, 3.05) is 6.54 Å². The number of hydrogen-bond acceptors (Lipinski definition) is 4. The van der Waals surface area contributed by atoms with E-state index in [0.717, 1.165) is 6.42 Å². The second-order valence-electron chi connectivity index (χ2n) is 5.39. The lowest BCUT2D eigenvalue weighted by Crippen LogP contribution is -2.29. The van der Waals surface area contributed by atoms with Crippen LogP contribution < -0.4 is 5.32 Å². The molecule has 114 valence electrons. The van der Waals surface area contributed by atoms with Crippen molar-refractivity contribution in [3.63, 3.8) is 0 Å². The lowest BCUT2D eigenvalue weighted by molar-refractivity contribution is -0.121. The number of rotatable bonds is 6. The molecule has 6 nitrogen and oxygen atoms in total. The third kappa shape index (κ3) is 4.16. The molecule has 2 rings (SSSR count). The highest BCUT2D eigenvalue weighted by Crippen LogP contribution is 2.14.